The van der Waals surface area contributed by atoms with Crippen LogP contribution in [0.15, 0.2) is 35.5 Å². The summed E-state index contributed by atoms with van der Waals surface area (Å²) < 4.78 is 0.915. The summed E-state index contributed by atoms with van der Waals surface area (Å²) in [6.45, 7) is 8.15. The van der Waals surface area contributed by atoms with E-state index in [1.54, 1.807) is 0 Å². The standard InChI is InChI=1S/C14H20BrN3/c1-2-3-6-13(18-10-8-16-9-11-18)12-5-4-7-14(15)17-12/h2,4-5,7,13,16H,1,3,6,8-11H2/t13-/m0/s1. The molecule has 1 N–H and O–H groups in total. The molecule has 4 heteroatoms. The molecule has 0 bridgehead atoms. The van der Waals surface area contributed by atoms with Crippen molar-refractivity contribution in [2.24, 2.45) is 0 Å². The molecule has 0 radical (unpaired) electrons. The van der Waals surface area contributed by atoms with E-state index in [2.05, 4.69) is 49.8 Å². The summed E-state index contributed by atoms with van der Waals surface area (Å²) in [4.78, 5) is 7.14. The molecule has 1 aliphatic heterocycles. The van der Waals surface area contributed by atoms with Gasteiger partial charge in [-0.25, -0.2) is 4.98 Å². The van der Waals surface area contributed by atoms with Gasteiger partial charge < -0.3 is 5.32 Å². The molecule has 98 valence electrons. The lowest BCUT2D eigenvalue weighted by molar-refractivity contribution is 0.163. The lowest BCUT2D eigenvalue weighted by Crippen LogP contribution is -2.45. The van der Waals surface area contributed by atoms with Gasteiger partial charge in [-0.05, 0) is 40.9 Å². The fraction of sp³-hybridized carbons (Fsp3) is 0.500. The molecule has 2 heterocycles. The molecule has 0 saturated carbocycles. The zero-order valence-corrected chi connectivity index (χ0v) is 12.2. The largest absolute Gasteiger partial charge is 0.314 e. The Bertz CT molecular complexity index is 388. The second kappa shape index (κ2) is 7.02. The van der Waals surface area contributed by atoms with E-state index in [-0.39, 0.29) is 0 Å². The van der Waals surface area contributed by atoms with Gasteiger partial charge >= 0.3 is 0 Å². The quantitative estimate of drug-likeness (QED) is 0.669. The van der Waals surface area contributed by atoms with Crippen LogP contribution in [0.25, 0.3) is 0 Å². The Balaban J connectivity index is 2.15. The van der Waals surface area contributed by atoms with Gasteiger partial charge in [0.15, 0.2) is 0 Å². The van der Waals surface area contributed by atoms with Crippen LogP contribution in [-0.2, 0) is 0 Å². The number of allylic oxidation sites excluding steroid dienone is 1. The van der Waals surface area contributed by atoms with E-state index in [1.165, 1.54) is 0 Å². The molecule has 1 saturated heterocycles. The number of nitrogens with zero attached hydrogens (tertiary/aromatic N) is 2. The van der Waals surface area contributed by atoms with Crippen molar-refractivity contribution in [2.75, 3.05) is 26.2 Å². The van der Waals surface area contributed by atoms with Crippen molar-refractivity contribution >= 4 is 15.9 Å². The summed E-state index contributed by atoms with van der Waals surface area (Å²) in [5.41, 5.74) is 1.16. The number of nitrogens with one attached hydrogen (secondary N) is 1. The minimum Gasteiger partial charge on any atom is -0.314 e. The molecule has 1 aliphatic rings. The van der Waals surface area contributed by atoms with Gasteiger partial charge in [-0.15, -0.1) is 6.58 Å². The van der Waals surface area contributed by atoms with Gasteiger partial charge in [0.1, 0.15) is 4.60 Å². The van der Waals surface area contributed by atoms with Crippen LogP contribution in [0, 0.1) is 0 Å². The highest BCUT2D eigenvalue weighted by Gasteiger charge is 2.22. The van der Waals surface area contributed by atoms with Crippen molar-refractivity contribution in [2.45, 2.75) is 18.9 Å². The fourth-order valence-electron chi connectivity index (χ4n) is 2.40. The van der Waals surface area contributed by atoms with Gasteiger partial charge in [-0.3, -0.25) is 4.90 Å². The number of piperazine rings is 1. The SMILES string of the molecule is C=CCC[C@@H](c1cccc(Br)n1)N1CCNCC1. The van der Waals surface area contributed by atoms with E-state index in [1.807, 2.05) is 12.1 Å². The first-order valence-corrected chi connectivity index (χ1v) is 7.28. The van der Waals surface area contributed by atoms with Crippen LogP contribution < -0.4 is 5.32 Å². The van der Waals surface area contributed by atoms with Crippen LogP contribution >= 0.6 is 15.9 Å². The minimum absolute atomic E-state index is 0.405. The van der Waals surface area contributed by atoms with Crippen molar-refractivity contribution in [3.8, 4) is 0 Å². The second-order valence-corrected chi connectivity index (χ2v) is 5.37. The van der Waals surface area contributed by atoms with Gasteiger partial charge in [0.25, 0.3) is 0 Å². The summed E-state index contributed by atoms with van der Waals surface area (Å²) in [5.74, 6) is 0. The summed E-state index contributed by atoms with van der Waals surface area (Å²) in [5, 5.41) is 3.40. The summed E-state index contributed by atoms with van der Waals surface area (Å²) in [7, 11) is 0. The van der Waals surface area contributed by atoms with Gasteiger partial charge in [0, 0.05) is 26.2 Å². The number of pyridine rings is 1. The fourth-order valence-corrected chi connectivity index (χ4v) is 2.75. The molecule has 0 unspecified atom stereocenters. The van der Waals surface area contributed by atoms with Crippen LogP contribution in [0.3, 0.4) is 0 Å². The number of halogens is 1. The van der Waals surface area contributed by atoms with Gasteiger partial charge in [0.2, 0.25) is 0 Å². The lowest BCUT2D eigenvalue weighted by Gasteiger charge is -2.34. The van der Waals surface area contributed by atoms with E-state index < -0.39 is 0 Å². The Kier molecular flexibility index (Phi) is 5.35. The molecular formula is C14H20BrN3. The van der Waals surface area contributed by atoms with Crippen LogP contribution in [-0.4, -0.2) is 36.1 Å². The number of hydrogen-bond acceptors (Lipinski definition) is 3. The molecule has 2 rings (SSSR count). The highest BCUT2D eigenvalue weighted by Crippen LogP contribution is 2.25. The molecule has 1 aromatic rings. The van der Waals surface area contributed by atoms with Crippen molar-refractivity contribution in [3.63, 3.8) is 0 Å². The highest BCUT2D eigenvalue weighted by atomic mass is 79.9. The van der Waals surface area contributed by atoms with Crippen molar-refractivity contribution in [1.82, 2.24) is 15.2 Å². The molecule has 0 spiro atoms. The molecular weight excluding hydrogens is 290 g/mol. The first kappa shape index (κ1) is 13.7. The molecule has 1 atom stereocenters. The van der Waals surface area contributed by atoms with E-state index in [4.69, 9.17) is 0 Å². The van der Waals surface area contributed by atoms with Crippen molar-refractivity contribution in [1.29, 1.82) is 0 Å². The molecule has 3 nitrogen and oxygen atoms in total. The minimum atomic E-state index is 0.405. The number of rotatable bonds is 5. The molecule has 0 amide bonds. The summed E-state index contributed by atoms with van der Waals surface area (Å²) in [6.07, 6.45) is 4.11. The zero-order valence-electron chi connectivity index (χ0n) is 10.6. The van der Waals surface area contributed by atoms with Gasteiger partial charge in [-0.2, -0.15) is 0 Å². The van der Waals surface area contributed by atoms with Crippen molar-refractivity contribution in [3.05, 3.63) is 41.2 Å². The molecule has 1 fully saturated rings. The van der Waals surface area contributed by atoms with Gasteiger partial charge in [-0.1, -0.05) is 12.1 Å². The number of hydrogen-bond donors (Lipinski definition) is 1. The van der Waals surface area contributed by atoms with Crippen molar-refractivity contribution < 1.29 is 0 Å². The lowest BCUT2D eigenvalue weighted by atomic mass is 10.0. The number of aromatic nitrogens is 1. The first-order valence-electron chi connectivity index (χ1n) is 6.49. The maximum atomic E-state index is 4.62. The summed E-state index contributed by atoms with van der Waals surface area (Å²) >= 11 is 3.46. The van der Waals surface area contributed by atoms with Crippen LogP contribution in [0.1, 0.15) is 24.6 Å². The monoisotopic (exact) mass is 309 g/mol. The van der Waals surface area contributed by atoms with Crippen LogP contribution in [0.4, 0.5) is 0 Å². The normalized spacial score (nSPS) is 18.5. The molecule has 1 aromatic heterocycles. The third-order valence-corrected chi connectivity index (χ3v) is 3.76. The summed E-state index contributed by atoms with van der Waals surface area (Å²) in [6, 6.07) is 6.57. The topological polar surface area (TPSA) is 28.2 Å². The smallest absolute Gasteiger partial charge is 0.106 e. The molecule has 18 heavy (non-hydrogen) atoms. The Morgan fingerprint density at radius 2 is 2.22 bits per heavy atom. The zero-order chi connectivity index (χ0) is 12.8. The van der Waals surface area contributed by atoms with E-state index >= 15 is 0 Å². The van der Waals surface area contributed by atoms with Crippen LogP contribution in [0.5, 0.6) is 0 Å². The van der Waals surface area contributed by atoms with E-state index in [0.29, 0.717) is 6.04 Å². The maximum Gasteiger partial charge on any atom is 0.106 e. The predicted molar refractivity (Wildman–Crippen MR) is 78.6 cm³/mol. The predicted octanol–water partition coefficient (Wildman–Crippen LogP) is 2.76. The van der Waals surface area contributed by atoms with Crippen LogP contribution in [0.2, 0.25) is 0 Å². The average Bonchev–Trinajstić information content (AvgIpc) is 2.40. The third-order valence-electron chi connectivity index (χ3n) is 3.31. The first-order chi connectivity index (χ1) is 8.81. The Morgan fingerprint density at radius 1 is 1.44 bits per heavy atom. The second-order valence-electron chi connectivity index (χ2n) is 4.55. The Labute approximate surface area is 117 Å². The van der Waals surface area contributed by atoms with Gasteiger partial charge in [0.05, 0.1) is 11.7 Å². The molecule has 0 aliphatic carbocycles. The third kappa shape index (κ3) is 3.64. The Hall–Kier alpha value is -0.710. The molecule has 0 aromatic carbocycles. The highest BCUT2D eigenvalue weighted by molar-refractivity contribution is 9.10. The Morgan fingerprint density at radius 3 is 2.89 bits per heavy atom. The maximum absolute atomic E-state index is 4.62. The van der Waals surface area contributed by atoms with E-state index in [9.17, 15) is 0 Å². The van der Waals surface area contributed by atoms with E-state index in [0.717, 1.165) is 49.3 Å². The average molecular weight is 310 g/mol.